The molecule has 0 bridgehead atoms. The van der Waals surface area contributed by atoms with Gasteiger partial charge in [-0.05, 0) is 56.5 Å². The summed E-state index contributed by atoms with van der Waals surface area (Å²) in [5, 5.41) is 7.36. The Morgan fingerprint density at radius 2 is 2.15 bits per heavy atom. The van der Waals surface area contributed by atoms with Crippen LogP contribution in [-0.4, -0.2) is 65.0 Å². The Labute approximate surface area is 168 Å². The lowest BCUT2D eigenvalue weighted by Crippen LogP contribution is -2.45. The van der Waals surface area contributed by atoms with Crippen LogP contribution in [0, 0.1) is 5.92 Å². The van der Waals surface area contributed by atoms with Crippen LogP contribution in [0.25, 0.3) is 0 Å². The second-order valence-electron chi connectivity index (χ2n) is 7.25. The first-order valence-electron chi connectivity index (χ1n) is 9.38. The highest BCUT2D eigenvalue weighted by Crippen LogP contribution is 2.35. The van der Waals surface area contributed by atoms with Crippen LogP contribution in [0.1, 0.15) is 30.9 Å². The van der Waals surface area contributed by atoms with Gasteiger partial charge in [-0.25, -0.2) is 8.42 Å². The minimum atomic E-state index is -2.92. The molecule has 0 saturated carbocycles. The second kappa shape index (κ2) is 10.3. The summed E-state index contributed by atoms with van der Waals surface area (Å²) in [7, 11) is 0.970. The summed E-state index contributed by atoms with van der Waals surface area (Å²) in [6, 6.07) is 8.42. The van der Waals surface area contributed by atoms with E-state index in [0.29, 0.717) is 30.9 Å². The Balaban J connectivity index is 1.93. The summed E-state index contributed by atoms with van der Waals surface area (Å²) in [6.07, 6.45) is 4.13. The van der Waals surface area contributed by atoms with Crippen molar-refractivity contribution in [2.45, 2.75) is 25.3 Å². The van der Waals surface area contributed by atoms with Crippen molar-refractivity contribution < 1.29 is 8.42 Å². The number of benzene rings is 1. The number of nitrogens with zero attached hydrogens (tertiary/aromatic N) is 2. The largest absolute Gasteiger partial charge is 0.356 e. The minimum Gasteiger partial charge on any atom is -0.356 e. The van der Waals surface area contributed by atoms with Gasteiger partial charge in [0.05, 0.1) is 5.75 Å². The predicted octanol–water partition coefficient (Wildman–Crippen LogP) is 2.32. The number of piperidine rings is 1. The van der Waals surface area contributed by atoms with Crippen molar-refractivity contribution in [3.63, 3.8) is 0 Å². The Bertz CT molecular complexity index is 739. The number of rotatable bonds is 7. The molecule has 1 aliphatic rings. The quantitative estimate of drug-likeness (QED) is 0.407. The number of halogens is 1. The van der Waals surface area contributed by atoms with E-state index >= 15 is 0 Å². The standard InChI is InChI=1S/C19H31ClN4O2S/c1-21-19(22-10-6-12-27(3,25)26)23-14-16-8-5-11-24(2)18(16)15-7-4-9-17(20)13-15/h4,7,9,13,16,18H,5-6,8,10-12,14H2,1-3H3,(H2,21,22,23). The molecule has 27 heavy (non-hydrogen) atoms. The Morgan fingerprint density at radius 1 is 1.37 bits per heavy atom. The van der Waals surface area contributed by atoms with E-state index in [0.717, 1.165) is 24.5 Å². The predicted molar refractivity (Wildman–Crippen MR) is 113 cm³/mol. The molecular weight excluding hydrogens is 384 g/mol. The maximum absolute atomic E-state index is 11.2. The zero-order valence-corrected chi connectivity index (χ0v) is 18.0. The lowest BCUT2D eigenvalue weighted by atomic mass is 9.85. The molecule has 1 aromatic rings. The molecule has 1 fully saturated rings. The summed E-state index contributed by atoms with van der Waals surface area (Å²) in [5.74, 6) is 1.33. The highest BCUT2D eigenvalue weighted by molar-refractivity contribution is 7.90. The summed E-state index contributed by atoms with van der Waals surface area (Å²) >= 11 is 6.21. The maximum atomic E-state index is 11.2. The van der Waals surface area contributed by atoms with Crippen molar-refractivity contribution in [2.75, 3.05) is 45.7 Å². The van der Waals surface area contributed by atoms with Gasteiger partial charge in [-0.3, -0.25) is 9.89 Å². The number of hydrogen-bond donors (Lipinski definition) is 2. The average molecular weight is 415 g/mol. The van der Waals surface area contributed by atoms with Gasteiger partial charge in [0.2, 0.25) is 0 Å². The van der Waals surface area contributed by atoms with E-state index < -0.39 is 9.84 Å². The van der Waals surface area contributed by atoms with E-state index in [1.807, 2.05) is 12.1 Å². The number of nitrogens with one attached hydrogen (secondary N) is 2. The molecule has 0 amide bonds. The first-order chi connectivity index (χ1) is 12.8. The number of likely N-dealkylation sites (tertiary alicyclic amines) is 1. The van der Waals surface area contributed by atoms with Gasteiger partial charge in [0.1, 0.15) is 9.84 Å². The van der Waals surface area contributed by atoms with E-state index in [9.17, 15) is 8.42 Å². The lowest BCUT2D eigenvalue weighted by Gasteiger charge is -2.40. The van der Waals surface area contributed by atoms with Crippen LogP contribution in [-0.2, 0) is 9.84 Å². The molecule has 2 unspecified atom stereocenters. The molecule has 1 heterocycles. The van der Waals surface area contributed by atoms with Gasteiger partial charge >= 0.3 is 0 Å². The lowest BCUT2D eigenvalue weighted by molar-refractivity contribution is 0.122. The van der Waals surface area contributed by atoms with Crippen LogP contribution in [0.4, 0.5) is 0 Å². The summed E-state index contributed by atoms with van der Waals surface area (Å²) in [5.41, 5.74) is 1.24. The fourth-order valence-corrected chi connectivity index (χ4v) is 4.55. The van der Waals surface area contributed by atoms with Crippen LogP contribution in [0.15, 0.2) is 29.3 Å². The van der Waals surface area contributed by atoms with Crippen LogP contribution in [0.3, 0.4) is 0 Å². The van der Waals surface area contributed by atoms with E-state index in [4.69, 9.17) is 11.6 Å². The van der Waals surface area contributed by atoms with Crippen LogP contribution in [0.5, 0.6) is 0 Å². The third kappa shape index (κ3) is 7.31. The van der Waals surface area contributed by atoms with Crippen molar-refractivity contribution in [1.29, 1.82) is 0 Å². The number of aliphatic imine (C=N–C) groups is 1. The topological polar surface area (TPSA) is 73.8 Å². The van der Waals surface area contributed by atoms with Gasteiger partial charge < -0.3 is 10.6 Å². The first-order valence-corrected chi connectivity index (χ1v) is 11.8. The Hall–Kier alpha value is -1.31. The van der Waals surface area contributed by atoms with E-state index in [2.05, 4.69) is 39.7 Å². The van der Waals surface area contributed by atoms with Gasteiger partial charge in [0.15, 0.2) is 5.96 Å². The maximum Gasteiger partial charge on any atom is 0.190 e. The van der Waals surface area contributed by atoms with Crippen molar-refractivity contribution in [1.82, 2.24) is 15.5 Å². The van der Waals surface area contributed by atoms with Crippen molar-refractivity contribution in [3.05, 3.63) is 34.9 Å². The molecule has 2 atom stereocenters. The smallest absolute Gasteiger partial charge is 0.190 e. The van der Waals surface area contributed by atoms with Crippen LogP contribution in [0.2, 0.25) is 5.02 Å². The summed E-state index contributed by atoms with van der Waals surface area (Å²) < 4.78 is 22.4. The number of sulfone groups is 1. The van der Waals surface area contributed by atoms with E-state index in [1.165, 1.54) is 18.2 Å². The first kappa shape index (κ1) is 22.0. The molecule has 1 aliphatic heterocycles. The molecular formula is C19H31ClN4O2S. The normalized spacial score (nSPS) is 21.9. The van der Waals surface area contributed by atoms with Gasteiger partial charge in [0.25, 0.3) is 0 Å². The Kier molecular flexibility index (Phi) is 8.38. The molecule has 0 aromatic heterocycles. The highest BCUT2D eigenvalue weighted by Gasteiger charge is 2.30. The van der Waals surface area contributed by atoms with Crippen molar-refractivity contribution in [2.24, 2.45) is 10.9 Å². The van der Waals surface area contributed by atoms with Gasteiger partial charge in [0, 0.05) is 37.5 Å². The molecule has 2 rings (SSSR count). The third-order valence-corrected chi connectivity index (χ3v) is 6.20. The minimum absolute atomic E-state index is 0.182. The molecule has 152 valence electrons. The monoisotopic (exact) mass is 414 g/mol. The second-order valence-corrected chi connectivity index (χ2v) is 9.94. The molecule has 6 nitrogen and oxygen atoms in total. The fourth-order valence-electron chi connectivity index (χ4n) is 3.68. The molecule has 1 aromatic carbocycles. The summed E-state index contributed by atoms with van der Waals surface area (Å²) in [6.45, 7) is 2.45. The summed E-state index contributed by atoms with van der Waals surface area (Å²) in [4.78, 5) is 6.64. The van der Waals surface area contributed by atoms with E-state index in [-0.39, 0.29) is 5.75 Å². The van der Waals surface area contributed by atoms with Crippen LogP contribution < -0.4 is 10.6 Å². The Morgan fingerprint density at radius 3 is 2.81 bits per heavy atom. The zero-order chi connectivity index (χ0) is 19.9. The number of hydrogen-bond acceptors (Lipinski definition) is 4. The van der Waals surface area contributed by atoms with Gasteiger partial charge in [-0.1, -0.05) is 23.7 Å². The fraction of sp³-hybridized carbons (Fsp3) is 0.632. The van der Waals surface area contributed by atoms with Crippen LogP contribution >= 0.6 is 11.6 Å². The average Bonchev–Trinajstić information content (AvgIpc) is 2.60. The molecule has 2 N–H and O–H groups in total. The molecule has 1 saturated heterocycles. The third-order valence-electron chi connectivity index (χ3n) is 4.94. The zero-order valence-electron chi connectivity index (χ0n) is 16.4. The molecule has 0 aliphatic carbocycles. The van der Waals surface area contributed by atoms with Crippen molar-refractivity contribution >= 4 is 27.4 Å². The SMILES string of the molecule is CN=C(NCCCS(C)(=O)=O)NCC1CCCN(C)C1c1cccc(Cl)c1. The molecule has 0 radical (unpaired) electrons. The highest BCUT2D eigenvalue weighted by atomic mass is 35.5. The molecule has 0 spiro atoms. The van der Waals surface area contributed by atoms with Gasteiger partial charge in [-0.2, -0.15) is 0 Å². The van der Waals surface area contributed by atoms with Gasteiger partial charge in [-0.15, -0.1) is 0 Å². The van der Waals surface area contributed by atoms with E-state index in [1.54, 1.807) is 7.05 Å². The molecule has 8 heteroatoms. The number of guanidine groups is 1. The van der Waals surface area contributed by atoms with Crippen molar-refractivity contribution in [3.8, 4) is 0 Å².